The first kappa shape index (κ1) is 13.3. The fraction of sp³-hybridized carbons (Fsp3) is 0.700. The Bertz CT molecular complexity index is 558. The number of aromatic nitrogens is 2. The van der Waals surface area contributed by atoms with Crippen LogP contribution in [0.15, 0.2) is 4.90 Å². The minimum atomic E-state index is -3.68. The van der Waals surface area contributed by atoms with Crippen LogP contribution in [-0.4, -0.2) is 37.0 Å². The highest BCUT2D eigenvalue weighted by Gasteiger charge is 2.36. The van der Waals surface area contributed by atoms with Gasteiger partial charge in [0.05, 0.1) is 17.8 Å². The molecule has 1 fully saturated rings. The summed E-state index contributed by atoms with van der Waals surface area (Å²) in [6.07, 6.45) is 0.644. The topological polar surface area (TPSA) is 99.2 Å². The van der Waals surface area contributed by atoms with Crippen molar-refractivity contribution in [3.63, 3.8) is 0 Å². The van der Waals surface area contributed by atoms with Crippen LogP contribution >= 0.6 is 0 Å². The maximum Gasteiger partial charge on any atom is 0.246 e. The fourth-order valence-electron chi connectivity index (χ4n) is 2.07. The molecule has 1 saturated heterocycles. The number of ether oxygens (including phenoxy) is 1. The van der Waals surface area contributed by atoms with Gasteiger partial charge in [-0.1, -0.05) is 0 Å². The molecule has 0 radical (unpaired) electrons. The van der Waals surface area contributed by atoms with E-state index in [1.807, 2.05) is 6.92 Å². The lowest BCUT2D eigenvalue weighted by Gasteiger charge is -2.23. The Labute approximate surface area is 106 Å². The van der Waals surface area contributed by atoms with E-state index in [0.717, 1.165) is 0 Å². The zero-order valence-corrected chi connectivity index (χ0v) is 11.5. The number of hydrogen-bond acceptors (Lipinski definition) is 5. The Balaban J connectivity index is 2.37. The van der Waals surface area contributed by atoms with Crippen LogP contribution in [0.25, 0.3) is 0 Å². The molecule has 1 aliphatic heterocycles. The summed E-state index contributed by atoms with van der Waals surface area (Å²) in [6.45, 7) is 4.41. The van der Waals surface area contributed by atoms with Crippen LogP contribution in [0.4, 0.5) is 5.82 Å². The minimum Gasteiger partial charge on any atom is -0.381 e. The summed E-state index contributed by atoms with van der Waals surface area (Å²) in [5, 5.41) is 3.92. The molecule has 0 bridgehead atoms. The molecule has 0 amide bonds. The Hall–Kier alpha value is -1.12. The number of nitrogen functional groups attached to an aromatic ring is 1. The summed E-state index contributed by atoms with van der Waals surface area (Å²) in [7, 11) is -2.02. The van der Waals surface area contributed by atoms with E-state index in [9.17, 15) is 8.42 Å². The van der Waals surface area contributed by atoms with Crippen molar-refractivity contribution in [1.82, 2.24) is 14.5 Å². The molecule has 8 heteroatoms. The second-order valence-electron chi connectivity index (χ2n) is 4.89. The largest absolute Gasteiger partial charge is 0.381 e. The third-order valence-electron chi connectivity index (χ3n) is 3.17. The smallest absolute Gasteiger partial charge is 0.246 e. The predicted molar refractivity (Wildman–Crippen MR) is 66.5 cm³/mol. The summed E-state index contributed by atoms with van der Waals surface area (Å²) >= 11 is 0. The number of nitrogens with two attached hydrogens (primary N) is 1. The molecule has 0 aliphatic carbocycles. The molecule has 2 rings (SSSR count). The van der Waals surface area contributed by atoms with Crippen LogP contribution in [0.2, 0.25) is 0 Å². The molecule has 0 saturated carbocycles. The Morgan fingerprint density at radius 1 is 1.56 bits per heavy atom. The molecule has 3 N–H and O–H groups in total. The van der Waals surface area contributed by atoms with Crippen molar-refractivity contribution in [3.05, 3.63) is 5.69 Å². The number of sulfonamides is 1. The van der Waals surface area contributed by atoms with Crippen molar-refractivity contribution in [2.24, 2.45) is 7.05 Å². The van der Waals surface area contributed by atoms with Crippen molar-refractivity contribution < 1.29 is 13.2 Å². The molecule has 0 spiro atoms. The number of nitrogens with one attached hydrogen (secondary N) is 1. The van der Waals surface area contributed by atoms with Gasteiger partial charge in [0.15, 0.2) is 5.82 Å². The van der Waals surface area contributed by atoms with Gasteiger partial charge in [-0.3, -0.25) is 4.68 Å². The molecule has 0 aromatic carbocycles. The summed E-state index contributed by atoms with van der Waals surface area (Å²) in [5.74, 6) is 0.0185. The monoisotopic (exact) mass is 274 g/mol. The van der Waals surface area contributed by atoms with Crippen LogP contribution in [-0.2, 0) is 21.8 Å². The van der Waals surface area contributed by atoms with Crippen molar-refractivity contribution in [2.75, 3.05) is 18.9 Å². The zero-order chi connectivity index (χ0) is 13.6. The van der Waals surface area contributed by atoms with Gasteiger partial charge in [0.25, 0.3) is 0 Å². The van der Waals surface area contributed by atoms with E-state index in [4.69, 9.17) is 10.5 Å². The third-order valence-corrected chi connectivity index (χ3v) is 4.98. The van der Waals surface area contributed by atoms with Gasteiger partial charge in [-0.05, 0) is 20.3 Å². The van der Waals surface area contributed by atoms with E-state index in [1.54, 1.807) is 14.0 Å². The lowest BCUT2D eigenvalue weighted by molar-refractivity contribution is 0.178. The Morgan fingerprint density at radius 3 is 2.67 bits per heavy atom. The lowest BCUT2D eigenvalue weighted by Crippen LogP contribution is -2.46. The molecule has 1 aliphatic rings. The van der Waals surface area contributed by atoms with Crippen molar-refractivity contribution in [2.45, 2.75) is 30.7 Å². The van der Waals surface area contributed by atoms with Crippen LogP contribution in [0, 0.1) is 6.92 Å². The van der Waals surface area contributed by atoms with Gasteiger partial charge in [0.1, 0.15) is 4.90 Å². The van der Waals surface area contributed by atoms with Gasteiger partial charge < -0.3 is 10.5 Å². The minimum absolute atomic E-state index is 0.0185. The molecule has 1 atom stereocenters. The van der Waals surface area contributed by atoms with Gasteiger partial charge in [-0.15, -0.1) is 0 Å². The van der Waals surface area contributed by atoms with Crippen LogP contribution in [0.5, 0.6) is 0 Å². The fourth-order valence-corrected chi connectivity index (χ4v) is 3.82. The highest BCUT2D eigenvalue weighted by atomic mass is 32.2. The van der Waals surface area contributed by atoms with E-state index in [2.05, 4.69) is 9.82 Å². The average Bonchev–Trinajstić information content (AvgIpc) is 2.72. The van der Waals surface area contributed by atoms with Crippen LogP contribution in [0.1, 0.15) is 19.0 Å². The molecule has 102 valence electrons. The highest BCUT2D eigenvalue weighted by Crippen LogP contribution is 2.25. The third kappa shape index (κ3) is 2.23. The van der Waals surface area contributed by atoms with E-state index in [1.165, 1.54) is 4.68 Å². The predicted octanol–water partition coefficient (Wildman–Crippen LogP) is -0.232. The summed E-state index contributed by atoms with van der Waals surface area (Å²) < 4.78 is 34.0. The molecular weight excluding hydrogens is 256 g/mol. The first-order valence-electron chi connectivity index (χ1n) is 5.66. The van der Waals surface area contributed by atoms with Gasteiger partial charge in [0, 0.05) is 13.7 Å². The molecule has 1 unspecified atom stereocenters. The van der Waals surface area contributed by atoms with Gasteiger partial charge in [-0.2, -0.15) is 5.10 Å². The number of aryl methyl sites for hydroxylation is 1. The van der Waals surface area contributed by atoms with Crippen molar-refractivity contribution in [1.29, 1.82) is 0 Å². The number of nitrogens with zero attached hydrogens (tertiary/aromatic N) is 2. The maximum atomic E-state index is 12.3. The Kier molecular flexibility index (Phi) is 3.12. The molecular formula is C10H18N4O3S. The van der Waals surface area contributed by atoms with E-state index < -0.39 is 15.6 Å². The molecule has 1 aromatic rings. The normalized spacial score (nSPS) is 24.6. The molecule has 1 aromatic heterocycles. The summed E-state index contributed by atoms with van der Waals surface area (Å²) in [5.41, 5.74) is 5.60. The van der Waals surface area contributed by atoms with E-state index >= 15 is 0 Å². The standard InChI is InChI=1S/C10H18N4O3S/c1-7-8(9(11)12-14(7)3)18(15,16)13-10(2)4-5-17-6-10/h13H,4-6H2,1-3H3,(H2,11,12). The summed E-state index contributed by atoms with van der Waals surface area (Å²) in [6, 6.07) is 0. The lowest BCUT2D eigenvalue weighted by atomic mass is 10.0. The van der Waals surface area contributed by atoms with Gasteiger partial charge in [0.2, 0.25) is 10.0 Å². The highest BCUT2D eigenvalue weighted by molar-refractivity contribution is 7.89. The van der Waals surface area contributed by atoms with Gasteiger partial charge >= 0.3 is 0 Å². The number of hydrogen-bond donors (Lipinski definition) is 2. The van der Waals surface area contributed by atoms with Crippen molar-refractivity contribution in [3.8, 4) is 0 Å². The first-order chi connectivity index (χ1) is 8.25. The van der Waals surface area contributed by atoms with E-state index in [0.29, 0.717) is 25.3 Å². The second-order valence-corrected chi connectivity index (χ2v) is 6.51. The molecule has 7 nitrogen and oxygen atoms in total. The Morgan fingerprint density at radius 2 is 2.22 bits per heavy atom. The zero-order valence-electron chi connectivity index (χ0n) is 10.7. The SMILES string of the molecule is Cc1c(S(=O)(=O)NC2(C)CCOC2)c(N)nn1C. The summed E-state index contributed by atoms with van der Waals surface area (Å²) in [4.78, 5) is 0.0538. The number of rotatable bonds is 3. The molecule has 2 heterocycles. The van der Waals surface area contributed by atoms with Gasteiger partial charge in [-0.25, -0.2) is 13.1 Å². The maximum absolute atomic E-state index is 12.3. The molecule has 18 heavy (non-hydrogen) atoms. The van der Waals surface area contributed by atoms with Crippen LogP contribution < -0.4 is 10.5 Å². The second kappa shape index (κ2) is 4.22. The van der Waals surface area contributed by atoms with Crippen molar-refractivity contribution >= 4 is 15.8 Å². The number of anilines is 1. The van der Waals surface area contributed by atoms with E-state index in [-0.39, 0.29) is 10.7 Å². The van der Waals surface area contributed by atoms with Crippen LogP contribution in [0.3, 0.4) is 0 Å². The average molecular weight is 274 g/mol. The first-order valence-corrected chi connectivity index (χ1v) is 7.14. The quantitative estimate of drug-likeness (QED) is 0.793.